The number of carbonyl (C=O) groups is 2. The van der Waals surface area contributed by atoms with Crippen LogP contribution in [0.2, 0.25) is 0 Å². The van der Waals surface area contributed by atoms with E-state index in [1.807, 2.05) is 48.5 Å². The largest absolute Gasteiger partial charge is 0.383 e. The second-order valence-electron chi connectivity index (χ2n) is 10.2. The third-order valence-corrected chi connectivity index (χ3v) is 12.7. The maximum Gasteiger partial charge on any atom is 0.269 e. The zero-order valence-corrected chi connectivity index (χ0v) is 32.0. The Labute approximate surface area is 315 Å². The third kappa shape index (κ3) is 7.19. The number of aromatic nitrogens is 2. The molecule has 2 amide bonds. The number of hydrogen-bond donors (Lipinski definition) is 4. The Kier molecular flexibility index (Phi) is 10.0. The number of thiazole rings is 2. The number of nitrogens with two attached hydrogens (primary N) is 2. The van der Waals surface area contributed by atoms with Crippen LogP contribution < -0.4 is 22.1 Å². The Morgan fingerprint density at radius 3 is 1.24 bits per heavy atom. The number of hydrogen-bond acceptors (Lipinski definition) is 10. The predicted octanol–water partition coefficient (Wildman–Crippen LogP) is 8.88. The average molecular weight is 875 g/mol. The first-order chi connectivity index (χ1) is 23.3. The van der Waals surface area contributed by atoms with E-state index in [-0.39, 0.29) is 31.2 Å². The van der Waals surface area contributed by atoms with Crippen LogP contribution in [0.3, 0.4) is 0 Å². The van der Waals surface area contributed by atoms with E-state index in [9.17, 15) is 18.0 Å². The summed E-state index contributed by atoms with van der Waals surface area (Å²) in [5, 5.41) is 5.50. The summed E-state index contributed by atoms with van der Waals surface area (Å²) in [6.07, 6.45) is 0. The molecule has 0 saturated carbocycles. The molecule has 10 nitrogen and oxygen atoms in total. The maximum absolute atomic E-state index is 13.4. The van der Waals surface area contributed by atoms with Gasteiger partial charge in [-0.25, -0.2) is 8.42 Å². The van der Waals surface area contributed by atoms with Crippen LogP contribution in [0.25, 0.3) is 11.4 Å². The van der Waals surface area contributed by atoms with Gasteiger partial charge in [0.15, 0.2) is 7.91 Å². The fourth-order valence-corrected chi connectivity index (χ4v) is 9.03. The van der Waals surface area contributed by atoms with Crippen LogP contribution in [0.1, 0.15) is 19.3 Å². The monoisotopic (exact) mass is 872 g/mol. The fraction of sp³-hybridized carbons (Fsp3) is 0. The molecule has 248 valence electrons. The molecule has 17 heteroatoms. The van der Waals surface area contributed by atoms with Crippen molar-refractivity contribution < 1.29 is 18.0 Å². The molecule has 0 aliphatic rings. The number of halogens is 2. The summed E-state index contributed by atoms with van der Waals surface area (Å²) >= 11 is 19.8. The van der Waals surface area contributed by atoms with Gasteiger partial charge in [-0.15, -0.1) is 0 Å². The number of anilines is 4. The molecule has 6 aromatic rings. The van der Waals surface area contributed by atoms with Crippen molar-refractivity contribution in [2.24, 2.45) is 0 Å². The van der Waals surface area contributed by atoms with Crippen LogP contribution in [-0.2, 0) is 9.84 Å². The lowest BCUT2D eigenvalue weighted by Crippen LogP contribution is -2.14. The highest BCUT2D eigenvalue weighted by atomic mass is 79.9. The number of benzene rings is 4. The Hall–Kier alpha value is -3.97. The van der Waals surface area contributed by atoms with Crippen LogP contribution in [0.5, 0.6) is 0 Å². The zero-order chi connectivity index (χ0) is 35.0. The molecule has 0 unspecified atom stereocenters. The molecule has 4 aromatic carbocycles. The minimum Gasteiger partial charge on any atom is -0.383 e. The van der Waals surface area contributed by atoms with E-state index >= 15 is 0 Å². The van der Waals surface area contributed by atoms with Crippen molar-refractivity contribution in [1.82, 2.24) is 9.13 Å². The van der Waals surface area contributed by atoms with Crippen molar-refractivity contribution in [3.63, 3.8) is 0 Å². The normalized spacial score (nSPS) is 11.3. The molecule has 0 aliphatic heterocycles. The summed E-state index contributed by atoms with van der Waals surface area (Å²) in [4.78, 5) is 26.7. The average Bonchev–Trinajstić information content (AvgIpc) is 3.55. The Balaban J connectivity index is 1.13. The second kappa shape index (κ2) is 14.1. The molecule has 6 rings (SSSR count). The number of nitrogen functional groups attached to an aromatic ring is 2. The molecule has 0 radical (unpaired) electrons. The Morgan fingerprint density at radius 1 is 0.592 bits per heavy atom. The van der Waals surface area contributed by atoms with Gasteiger partial charge in [0, 0.05) is 31.7 Å². The highest BCUT2D eigenvalue weighted by molar-refractivity contribution is 9.10. The molecule has 0 spiro atoms. The van der Waals surface area contributed by atoms with Crippen LogP contribution >= 0.6 is 79.0 Å². The molecule has 0 saturated heterocycles. The molecule has 0 aliphatic carbocycles. The molecular weight excluding hydrogens is 853 g/mol. The maximum atomic E-state index is 13.4. The standard InChI is InChI=1S/C32H22Br2N6O4S5/c33-17-1-9-21(10-2-17)39-27(35)25(47-31(39)45)29(41)37-19-5-13-23(14-6-19)49(43,44)24-15-7-20(8-16-24)38-30(42)26-28(36)40(32(46)48-26)22-11-3-18(34)4-12-22/h1-16H,35-36H2,(H,37,41)(H,38,42). The topological polar surface area (TPSA) is 154 Å². The smallest absolute Gasteiger partial charge is 0.269 e. The van der Waals surface area contributed by atoms with Crippen LogP contribution in [0.15, 0.2) is 116 Å². The fourth-order valence-electron chi connectivity index (χ4n) is 4.71. The summed E-state index contributed by atoms with van der Waals surface area (Å²) < 4.78 is 32.6. The van der Waals surface area contributed by atoms with Crippen LogP contribution in [-0.4, -0.2) is 29.4 Å². The summed E-state index contributed by atoms with van der Waals surface area (Å²) in [7, 11) is -3.92. The first kappa shape index (κ1) is 34.9. The van der Waals surface area contributed by atoms with E-state index in [0.29, 0.717) is 19.3 Å². The van der Waals surface area contributed by atoms with Crippen molar-refractivity contribution in [2.45, 2.75) is 9.79 Å². The molecule has 6 N–H and O–H groups in total. The lowest BCUT2D eigenvalue weighted by Gasteiger charge is -2.10. The zero-order valence-electron chi connectivity index (χ0n) is 24.7. The first-order valence-electron chi connectivity index (χ1n) is 14.0. The van der Waals surface area contributed by atoms with E-state index in [0.717, 1.165) is 43.0 Å². The number of nitrogens with one attached hydrogen (secondary N) is 2. The van der Waals surface area contributed by atoms with Crippen molar-refractivity contribution in [1.29, 1.82) is 0 Å². The van der Waals surface area contributed by atoms with Gasteiger partial charge in [-0.05, 0) is 121 Å². The third-order valence-electron chi connectivity index (χ3n) is 7.12. The van der Waals surface area contributed by atoms with E-state index in [2.05, 4.69) is 42.5 Å². The summed E-state index contributed by atoms with van der Waals surface area (Å²) in [6, 6.07) is 26.2. The van der Waals surface area contributed by atoms with E-state index in [1.54, 1.807) is 9.13 Å². The van der Waals surface area contributed by atoms with Gasteiger partial charge in [0.25, 0.3) is 11.8 Å². The van der Waals surface area contributed by atoms with Crippen molar-refractivity contribution in [3.8, 4) is 11.4 Å². The highest BCUT2D eigenvalue weighted by Crippen LogP contribution is 2.30. The molecule has 0 bridgehead atoms. The summed E-state index contributed by atoms with van der Waals surface area (Å²) in [6.45, 7) is 0. The van der Waals surface area contributed by atoms with Crippen molar-refractivity contribution in [3.05, 3.63) is 124 Å². The molecule has 2 heterocycles. The van der Waals surface area contributed by atoms with E-state index < -0.39 is 21.7 Å². The van der Waals surface area contributed by atoms with Gasteiger partial charge < -0.3 is 22.1 Å². The van der Waals surface area contributed by atoms with Gasteiger partial charge in [-0.2, -0.15) is 0 Å². The van der Waals surface area contributed by atoms with Gasteiger partial charge >= 0.3 is 0 Å². The summed E-state index contributed by atoms with van der Waals surface area (Å²) in [5.41, 5.74) is 14.8. The highest BCUT2D eigenvalue weighted by Gasteiger charge is 2.22. The SMILES string of the molecule is Nc1c(C(=O)Nc2ccc(S(=O)(=O)c3ccc(NC(=O)c4sc(=S)n(-c5ccc(Br)cc5)c4N)cc3)cc2)sc(=S)n1-c1ccc(Br)cc1. The lowest BCUT2D eigenvalue weighted by molar-refractivity contribution is 0.102. The number of sulfone groups is 1. The minimum atomic E-state index is -3.92. The quantitative estimate of drug-likeness (QED) is 0.111. The number of carbonyl (C=O) groups excluding carboxylic acids is 2. The van der Waals surface area contributed by atoms with Crippen molar-refractivity contribution in [2.75, 3.05) is 22.1 Å². The molecular formula is C32H22Br2N6O4S5. The Bertz CT molecular complexity index is 2290. The van der Waals surface area contributed by atoms with Gasteiger partial charge in [0.05, 0.1) is 9.79 Å². The predicted molar refractivity (Wildman–Crippen MR) is 207 cm³/mol. The van der Waals surface area contributed by atoms with Gasteiger partial charge in [-0.3, -0.25) is 18.7 Å². The second-order valence-corrected chi connectivity index (χ2v) is 17.3. The van der Waals surface area contributed by atoms with Crippen LogP contribution in [0, 0.1) is 7.91 Å². The van der Waals surface area contributed by atoms with E-state index in [4.69, 9.17) is 35.9 Å². The Morgan fingerprint density at radius 2 is 0.918 bits per heavy atom. The first-order valence-corrected chi connectivity index (χ1v) is 19.5. The number of amides is 2. The number of rotatable bonds is 8. The molecule has 49 heavy (non-hydrogen) atoms. The van der Waals surface area contributed by atoms with Gasteiger partial charge in [-0.1, -0.05) is 54.5 Å². The molecule has 0 fully saturated rings. The van der Waals surface area contributed by atoms with Gasteiger partial charge in [0.2, 0.25) is 9.84 Å². The van der Waals surface area contributed by atoms with Gasteiger partial charge in [0.1, 0.15) is 21.4 Å². The minimum absolute atomic E-state index is 0.0145. The number of nitrogens with zero attached hydrogens (tertiary/aromatic N) is 2. The summed E-state index contributed by atoms with van der Waals surface area (Å²) in [5.74, 6) is -0.563. The molecule has 0 atom stereocenters. The van der Waals surface area contributed by atoms with Crippen molar-refractivity contribution >= 4 is 124 Å². The van der Waals surface area contributed by atoms with Crippen LogP contribution in [0.4, 0.5) is 23.0 Å². The lowest BCUT2D eigenvalue weighted by atomic mass is 10.3. The van der Waals surface area contributed by atoms with E-state index in [1.165, 1.54) is 48.5 Å². The molecule has 2 aromatic heterocycles.